The quantitative estimate of drug-likeness (QED) is 0.336. The first-order valence-electron chi connectivity index (χ1n) is 8.93. The number of rotatable bonds is 9. The van der Waals surface area contributed by atoms with Crippen LogP contribution in [0, 0.1) is 0 Å². The Morgan fingerprint density at radius 3 is 2.76 bits per heavy atom. The number of hydrogen-bond acceptors (Lipinski definition) is 5. The van der Waals surface area contributed by atoms with E-state index in [9.17, 15) is 4.79 Å². The summed E-state index contributed by atoms with van der Waals surface area (Å²) in [5.41, 5.74) is 0. The Kier molecular flexibility index (Phi) is 8.85. The number of morpholine rings is 1. The van der Waals surface area contributed by atoms with E-state index in [-0.39, 0.29) is 5.91 Å². The van der Waals surface area contributed by atoms with Gasteiger partial charge in [-0.1, -0.05) is 0 Å². The summed E-state index contributed by atoms with van der Waals surface area (Å²) in [7, 11) is 0. The molecule has 25 heavy (non-hydrogen) atoms. The molecule has 1 saturated heterocycles. The molecule has 3 N–H and O–H groups in total. The predicted molar refractivity (Wildman–Crippen MR) is 96.9 cm³/mol. The standard InChI is InChI=1S/C17H29N5O3/c1-2-18-17(20-6-4-9-22-10-13-24-14-11-22)21-8-7-19-16(23)15-5-3-12-25-15/h3,5,12H,2,4,6-11,13-14H2,1H3,(H,19,23)(H2,18,20,21). The van der Waals surface area contributed by atoms with Crippen molar-refractivity contribution >= 4 is 11.9 Å². The molecule has 0 radical (unpaired) electrons. The molecule has 0 spiro atoms. The van der Waals surface area contributed by atoms with Crippen LogP contribution in [0.2, 0.25) is 0 Å². The molecule has 0 atom stereocenters. The fourth-order valence-electron chi connectivity index (χ4n) is 2.50. The number of furan rings is 1. The van der Waals surface area contributed by atoms with Gasteiger partial charge < -0.3 is 25.1 Å². The largest absolute Gasteiger partial charge is 0.459 e. The van der Waals surface area contributed by atoms with E-state index in [0.717, 1.165) is 58.3 Å². The van der Waals surface area contributed by atoms with Crippen molar-refractivity contribution in [3.05, 3.63) is 24.2 Å². The maximum atomic E-state index is 11.7. The summed E-state index contributed by atoms with van der Waals surface area (Å²) in [6, 6.07) is 3.34. The first-order valence-corrected chi connectivity index (χ1v) is 8.93. The normalized spacial score (nSPS) is 15.8. The summed E-state index contributed by atoms with van der Waals surface area (Å²) in [5, 5.41) is 9.23. The summed E-state index contributed by atoms with van der Waals surface area (Å²) in [4.78, 5) is 18.7. The van der Waals surface area contributed by atoms with Crippen molar-refractivity contribution in [3.63, 3.8) is 0 Å². The van der Waals surface area contributed by atoms with Crippen molar-refractivity contribution < 1.29 is 13.9 Å². The van der Waals surface area contributed by atoms with Crippen molar-refractivity contribution in [1.82, 2.24) is 20.9 Å². The fraction of sp³-hybridized carbons (Fsp3) is 0.647. The third-order valence-electron chi connectivity index (χ3n) is 3.80. The molecule has 2 rings (SSSR count). The molecule has 0 unspecified atom stereocenters. The van der Waals surface area contributed by atoms with Crippen molar-refractivity contribution in [2.75, 3.05) is 59.0 Å². The first kappa shape index (κ1) is 19.3. The average molecular weight is 351 g/mol. The molecule has 1 fully saturated rings. The van der Waals surface area contributed by atoms with E-state index in [4.69, 9.17) is 9.15 Å². The van der Waals surface area contributed by atoms with Crippen LogP contribution in [0.4, 0.5) is 0 Å². The lowest BCUT2D eigenvalue weighted by atomic mass is 10.3. The highest BCUT2D eigenvalue weighted by atomic mass is 16.5. The second-order valence-corrected chi connectivity index (χ2v) is 5.73. The highest BCUT2D eigenvalue weighted by Gasteiger charge is 2.09. The highest BCUT2D eigenvalue weighted by Crippen LogP contribution is 1.99. The molecule has 0 aromatic carbocycles. The Balaban J connectivity index is 1.60. The molecule has 1 aromatic heterocycles. The lowest BCUT2D eigenvalue weighted by Crippen LogP contribution is -2.41. The third-order valence-corrected chi connectivity index (χ3v) is 3.80. The molecule has 1 aromatic rings. The number of nitrogens with zero attached hydrogens (tertiary/aromatic N) is 2. The molecule has 0 aliphatic carbocycles. The molecule has 8 nitrogen and oxygen atoms in total. The van der Waals surface area contributed by atoms with Gasteiger partial charge in [0.1, 0.15) is 0 Å². The summed E-state index contributed by atoms with van der Waals surface area (Å²) in [6.45, 7) is 9.43. The lowest BCUT2D eigenvalue weighted by molar-refractivity contribution is 0.0377. The van der Waals surface area contributed by atoms with Gasteiger partial charge in [0.2, 0.25) is 0 Å². The minimum absolute atomic E-state index is 0.209. The molecule has 0 saturated carbocycles. The number of nitrogens with one attached hydrogen (secondary N) is 3. The zero-order valence-corrected chi connectivity index (χ0v) is 14.9. The summed E-state index contributed by atoms with van der Waals surface area (Å²) in [5.74, 6) is 0.889. The van der Waals surface area contributed by atoms with Gasteiger partial charge in [-0.05, 0) is 25.5 Å². The topological polar surface area (TPSA) is 91.1 Å². The smallest absolute Gasteiger partial charge is 0.287 e. The highest BCUT2D eigenvalue weighted by molar-refractivity contribution is 5.91. The maximum absolute atomic E-state index is 11.7. The van der Waals surface area contributed by atoms with Crippen LogP contribution in [-0.4, -0.2) is 75.8 Å². The number of hydrogen-bond donors (Lipinski definition) is 3. The second kappa shape index (κ2) is 11.5. The SMILES string of the molecule is CCNC(=NCCCN1CCOCC1)NCCNC(=O)c1ccco1. The molecule has 2 heterocycles. The van der Waals surface area contributed by atoms with E-state index in [1.807, 2.05) is 6.92 Å². The number of aliphatic imine (C=N–C) groups is 1. The third kappa shape index (κ3) is 7.57. The summed E-state index contributed by atoms with van der Waals surface area (Å²) in [6.07, 6.45) is 2.51. The molecule has 140 valence electrons. The van der Waals surface area contributed by atoms with Gasteiger partial charge >= 0.3 is 0 Å². The lowest BCUT2D eigenvalue weighted by Gasteiger charge is -2.26. The van der Waals surface area contributed by atoms with Crippen LogP contribution in [0.25, 0.3) is 0 Å². The Morgan fingerprint density at radius 2 is 2.04 bits per heavy atom. The number of guanidine groups is 1. The van der Waals surface area contributed by atoms with E-state index in [2.05, 4.69) is 25.8 Å². The first-order chi connectivity index (χ1) is 12.3. The van der Waals surface area contributed by atoms with Crippen LogP contribution in [0.5, 0.6) is 0 Å². The van der Waals surface area contributed by atoms with E-state index < -0.39 is 0 Å². The molecule has 1 aliphatic heterocycles. The average Bonchev–Trinajstić information content (AvgIpc) is 3.17. The van der Waals surface area contributed by atoms with Crippen molar-refractivity contribution in [1.29, 1.82) is 0 Å². The van der Waals surface area contributed by atoms with Crippen LogP contribution in [0.3, 0.4) is 0 Å². The van der Waals surface area contributed by atoms with Crippen LogP contribution in [-0.2, 0) is 4.74 Å². The molecule has 1 aliphatic rings. The van der Waals surface area contributed by atoms with Crippen LogP contribution >= 0.6 is 0 Å². The van der Waals surface area contributed by atoms with Crippen molar-refractivity contribution in [3.8, 4) is 0 Å². The fourth-order valence-corrected chi connectivity index (χ4v) is 2.50. The maximum Gasteiger partial charge on any atom is 0.287 e. The zero-order chi connectivity index (χ0) is 17.7. The van der Waals surface area contributed by atoms with Gasteiger partial charge in [0.15, 0.2) is 11.7 Å². The van der Waals surface area contributed by atoms with Gasteiger partial charge in [0.05, 0.1) is 19.5 Å². The van der Waals surface area contributed by atoms with Crippen LogP contribution in [0.15, 0.2) is 27.8 Å². The Morgan fingerprint density at radius 1 is 1.24 bits per heavy atom. The predicted octanol–water partition coefficient (Wildman–Crippen LogP) is 0.287. The number of carbonyl (C=O) groups excluding carboxylic acids is 1. The van der Waals surface area contributed by atoms with Gasteiger partial charge in [0, 0.05) is 45.8 Å². The Bertz CT molecular complexity index is 512. The molecule has 8 heteroatoms. The van der Waals surface area contributed by atoms with Crippen LogP contribution in [0.1, 0.15) is 23.9 Å². The number of carbonyl (C=O) groups is 1. The molecule has 0 bridgehead atoms. The van der Waals surface area contributed by atoms with E-state index in [1.54, 1.807) is 12.1 Å². The van der Waals surface area contributed by atoms with Crippen molar-refractivity contribution in [2.45, 2.75) is 13.3 Å². The minimum atomic E-state index is -0.209. The summed E-state index contributed by atoms with van der Waals surface area (Å²) >= 11 is 0. The number of ether oxygens (including phenoxy) is 1. The number of amides is 1. The van der Waals surface area contributed by atoms with E-state index in [0.29, 0.717) is 18.8 Å². The Hall–Kier alpha value is -2.06. The van der Waals surface area contributed by atoms with E-state index >= 15 is 0 Å². The van der Waals surface area contributed by atoms with Gasteiger partial charge in [-0.25, -0.2) is 0 Å². The molecule has 1 amide bonds. The van der Waals surface area contributed by atoms with Crippen LogP contribution < -0.4 is 16.0 Å². The van der Waals surface area contributed by atoms with Gasteiger partial charge in [0.25, 0.3) is 5.91 Å². The minimum Gasteiger partial charge on any atom is -0.459 e. The van der Waals surface area contributed by atoms with Gasteiger partial charge in [-0.15, -0.1) is 0 Å². The zero-order valence-electron chi connectivity index (χ0n) is 14.9. The van der Waals surface area contributed by atoms with Gasteiger partial charge in [-0.2, -0.15) is 0 Å². The van der Waals surface area contributed by atoms with Gasteiger partial charge in [-0.3, -0.25) is 14.7 Å². The van der Waals surface area contributed by atoms with E-state index in [1.165, 1.54) is 6.26 Å². The Labute approximate surface area is 149 Å². The second-order valence-electron chi connectivity index (χ2n) is 5.73. The molecular weight excluding hydrogens is 322 g/mol. The summed E-state index contributed by atoms with van der Waals surface area (Å²) < 4.78 is 10.4. The monoisotopic (exact) mass is 351 g/mol. The molecular formula is C17H29N5O3. The van der Waals surface area contributed by atoms with Crippen molar-refractivity contribution in [2.24, 2.45) is 4.99 Å².